The zero-order valence-electron chi connectivity index (χ0n) is 8.97. The summed E-state index contributed by atoms with van der Waals surface area (Å²) in [6, 6.07) is 0. The molecular formula is C12H20O. The van der Waals surface area contributed by atoms with Gasteiger partial charge in [-0.25, -0.2) is 0 Å². The first-order valence-electron chi connectivity index (χ1n) is 5.54. The Labute approximate surface area is 80.9 Å². The van der Waals surface area contributed by atoms with E-state index in [1.54, 1.807) is 0 Å². The fraction of sp³-hybridized carbons (Fsp3) is 0.917. The lowest BCUT2D eigenvalue weighted by Crippen LogP contribution is -2.46. The Hall–Kier alpha value is -0.330. The topological polar surface area (TPSA) is 17.1 Å². The summed E-state index contributed by atoms with van der Waals surface area (Å²) < 4.78 is 0. The fourth-order valence-corrected chi connectivity index (χ4v) is 3.36. The fourth-order valence-electron chi connectivity index (χ4n) is 3.36. The van der Waals surface area contributed by atoms with Crippen molar-refractivity contribution in [2.75, 3.05) is 0 Å². The molecule has 0 aromatic carbocycles. The second kappa shape index (κ2) is 2.83. The van der Waals surface area contributed by atoms with Gasteiger partial charge < -0.3 is 0 Å². The Morgan fingerprint density at radius 1 is 1.08 bits per heavy atom. The van der Waals surface area contributed by atoms with Crippen LogP contribution in [0, 0.1) is 23.2 Å². The number of carbonyl (C=O) groups is 1. The Bertz CT molecular complexity index is 216. The lowest BCUT2D eigenvalue weighted by molar-refractivity contribution is -0.141. The minimum atomic E-state index is 0.195. The standard InChI is InChI=1S/C12H20O/c1-12(2,3)10-8-4-6-9(7-5-8)11(10)13/h8-10H,4-7H2,1-3H3. The third kappa shape index (κ3) is 1.43. The van der Waals surface area contributed by atoms with Gasteiger partial charge in [0.25, 0.3) is 0 Å². The van der Waals surface area contributed by atoms with E-state index < -0.39 is 0 Å². The zero-order chi connectivity index (χ0) is 9.64. The van der Waals surface area contributed by atoms with Gasteiger partial charge in [0.15, 0.2) is 0 Å². The van der Waals surface area contributed by atoms with Crippen molar-refractivity contribution in [1.82, 2.24) is 0 Å². The maximum Gasteiger partial charge on any atom is 0.139 e. The molecule has 0 amide bonds. The summed E-state index contributed by atoms with van der Waals surface area (Å²) in [7, 11) is 0. The van der Waals surface area contributed by atoms with Crippen LogP contribution in [0.25, 0.3) is 0 Å². The molecule has 0 N–H and O–H groups in total. The highest BCUT2D eigenvalue weighted by Crippen LogP contribution is 2.49. The lowest BCUT2D eigenvalue weighted by Gasteiger charge is -2.46. The Balaban J connectivity index is 2.24. The van der Waals surface area contributed by atoms with Gasteiger partial charge in [-0.05, 0) is 37.0 Å². The summed E-state index contributed by atoms with van der Waals surface area (Å²) in [5.41, 5.74) is 0.195. The number of rotatable bonds is 0. The number of Topliss-reactive ketones (excluding diaryl/α,β-unsaturated/α-hetero) is 1. The van der Waals surface area contributed by atoms with Crippen LogP contribution in [0.2, 0.25) is 0 Å². The van der Waals surface area contributed by atoms with Crippen LogP contribution >= 0.6 is 0 Å². The predicted octanol–water partition coefficient (Wildman–Crippen LogP) is 3.04. The summed E-state index contributed by atoms with van der Waals surface area (Å²) >= 11 is 0. The molecule has 0 saturated heterocycles. The molecule has 2 bridgehead atoms. The van der Waals surface area contributed by atoms with Crippen LogP contribution in [0.5, 0.6) is 0 Å². The summed E-state index contributed by atoms with van der Waals surface area (Å²) in [6.45, 7) is 6.66. The van der Waals surface area contributed by atoms with Crippen LogP contribution in [0.1, 0.15) is 46.5 Å². The van der Waals surface area contributed by atoms with Gasteiger partial charge in [-0.1, -0.05) is 20.8 Å². The molecule has 1 heteroatoms. The van der Waals surface area contributed by atoms with Crippen molar-refractivity contribution in [1.29, 1.82) is 0 Å². The first-order valence-corrected chi connectivity index (χ1v) is 5.54. The molecule has 1 unspecified atom stereocenters. The molecule has 0 aromatic heterocycles. The number of carbonyl (C=O) groups excluding carboxylic acids is 1. The van der Waals surface area contributed by atoms with E-state index in [4.69, 9.17) is 0 Å². The first kappa shape index (κ1) is 9.23. The van der Waals surface area contributed by atoms with Gasteiger partial charge in [-0.3, -0.25) is 4.79 Å². The minimum Gasteiger partial charge on any atom is -0.299 e. The molecule has 1 nitrogen and oxygen atoms in total. The van der Waals surface area contributed by atoms with Crippen molar-refractivity contribution in [3.05, 3.63) is 0 Å². The Morgan fingerprint density at radius 2 is 1.62 bits per heavy atom. The average molecular weight is 180 g/mol. The van der Waals surface area contributed by atoms with Crippen LogP contribution in [-0.2, 0) is 4.79 Å². The molecule has 1 atom stereocenters. The largest absolute Gasteiger partial charge is 0.299 e. The quantitative estimate of drug-likeness (QED) is 0.560. The number of ketones is 1. The van der Waals surface area contributed by atoms with Gasteiger partial charge >= 0.3 is 0 Å². The Morgan fingerprint density at radius 3 is 1.92 bits per heavy atom. The minimum absolute atomic E-state index is 0.195. The Kier molecular flexibility index (Phi) is 2.01. The van der Waals surface area contributed by atoms with E-state index in [-0.39, 0.29) is 5.41 Å². The number of fused-ring (bicyclic) bond motifs is 3. The highest BCUT2D eigenvalue weighted by atomic mass is 16.1. The van der Waals surface area contributed by atoms with Crippen molar-refractivity contribution in [2.45, 2.75) is 46.5 Å². The third-order valence-electron chi connectivity index (χ3n) is 3.89. The summed E-state index contributed by atoms with van der Waals surface area (Å²) in [5.74, 6) is 2.07. The molecule has 3 aliphatic carbocycles. The molecule has 3 fully saturated rings. The van der Waals surface area contributed by atoms with E-state index in [1.807, 2.05) is 0 Å². The second-order valence-electron chi connectivity index (χ2n) is 5.86. The van der Waals surface area contributed by atoms with Crippen LogP contribution in [0.15, 0.2) is 0 Å². The van der Waals surface area contributed by atoms with Gasteiger partial charge in [0.1, 0.15) is 5.78 Å². The molecule has 0 aromatic rings. The van der Waals surface area contributed by atoms with E-state index >= 15 is 0 Å². The van der Waals surface area contributed by atoms with Gasteiger partial charge in [-0.2, -0.15) is 0 Å². The van der Waals surface area contributed by atoms with E-state index in [9.17, 15) is 4.79 Å². The molecular weight excluding hydrogens is 160 g/mol. The normalized spacial score (nSPS) is 39.6. The molecule has 0 aliphatic heterocycles. The molecule has 0 heterocycles. The molecule has 0 radical (unpaired) electrons. The predicted molar refractivity (Wildman–Crippen MR) is 53.4 cm³/mol. The zero-order valence-corrected chi connectivity index (χ0v) is 8.97. The molecule has 0 spiro atoms. The van der Waals surface area contributed by atoms with E-state index in [0.717, 1.165) is 0 Å². The van der Waals surface area contributed by atoms with Gasteiger partial charge in [0.05, 0.1) is 0 Å². The highest BCUT2D eigenvalue weighted by molar-refractivity contribution is 5.85. The highest BCUT2D eigenvalue weighted by Gasteiger charge is 2.47. The van der Waals surface area contributed by atoms with E-state index in [1.165, 1.54) is 25.7 Å². The van der Waals surface area contributed by atoms with E-state index in [0.29, 0.717) is 23.5 Å². The molecule has 74 valence electrons. The van der Waals surface area contributed by atoms with Crippen LogP contribution < -0.4 is 0 Å². The van der Waals surface area contributed by atoms with Crippen molar-refractivity contribution in [2.24, 2.45) is 23.2 Å². The maximum absolute atomic E-state index is 12.0. The van der Waals surface area contributed by atoms with Crippen molar-refractivity contribution in [3.63, 3.8) is 0 Å². The van der Waals surface area contributed by atoms with Crippen molar-refractivity contribution >= 4 is 5.78 Å². The summed E-state index contributed by atoms with van der Waals surface area (Å²) in [6.07, 6.45) is 4.96. The van der Waals surface area contributed by atoms with E-state index in [2.05, 4.69) is 20.8 Å². The van der Waals surface area contributed by atoms with Crippen molar-refractivity contribution in [3.8, 4) is 0 Å². The molecule has 3 aliphatic rings. The average Bonchev–Trinajstić information content (AvgIpc) is 2.03. The molecule has 3 saturated carbocycles. The van der Waals surface area contributed by atoms with Gasteiger partial charge in [0, 0.05) is 11.8 Å². The second-order valence-corrected chi connectivity index (χ2v) is 5.86. The lowest BCUT2D eigenvalue weighted by atomic mass is 9.57. The maximum atomic E-state index is 12.0. The van der Waals surface area contributed by atoms with Crippen LogP contribution in [0.3, 0.4) is 0 Å². The number of hydrogen-bond acceptors (Lipinski definition) is 1. The summed E-state index contributed by atoms with van der Waals surface area (Å²) in [4.78, 5) is 12.0. The SMILES string of the molecule is CC(C)(C)C1C(=O)C2CCC1CC2. The van der Waals surface area contributed by atoms with Crippen LogP contribution in [0.4, 0.5) is 0 Å². The van der Waals surface area contributed by atoms with Gasteiger partial charge in [-0.15, -0.1) is 0 Å². The summed E-state index contributed by atoms with van der Waals surface area (Å²) in [5, 5.41) is 0. The first-order chi connectivity index (χ1) is 6.00. The van der Waals surface area contributed by atoms with Crippen molar-refractivity contribution < 1.29 is 4.79 Å². The number of hydrogen-bond donors (Lipinski definition) is 0. The third-order valence-corrected chi connectivity index (χ3v) is 3.89. The molecule has 3 rings (SSSR count). The van der Waals surface area contributed by atoms with Crippen LogP contribution in [-0.4, -0.2) is 5.78 Å². The van der Waals surface area contributed by atoms with Gasteiger partial charge in [0.2, 0.25) is 0 Å². The smallest absolute Gasteiger partial charge is 0.139 e. The monoisotopic (exact) mass is 180 g/mol. The molecule has 13 heavy (non-hydrogen) atoms.